The van der Waals surface area contributed by atoms with Crippen molar-refractivity contribution in [3.8, 4) is 0 Å². The Morgan fingerprint density at radius 3 is 2.37 bits per heavy atom. The number of alkyl halides is 3. The van der Waals surface area contributed by atoms with Crippen LogP contribution in [-0.2, 0) is 12.7 Å². The van der Waals surface area contributed by atoms with Gasteiger partial charge in [-0.2, -0.15) is 13.2 Å². The largest absolute Gasteiger partial charge is 0.416 e. The molecule has 0 aliphatic carbocycles. The first-order chi connectivity index (χ1) is 20.4. The number of carbonyl (C=O) groups excluding carboxylic acids is 2. The lowest BCUT2D eigenvalue weighted by Crippen LogP contribution is -2.45. The van der Waals surface area contributed by atoms with Crippen molar-refractivity contribution in [1.82, 2.24) is 14.8 Å². The average molecular weight is 615 g/mol. The van der Waals surface area contributed by atoms with Crippen LogP contribution in [0.4, 0.5) is 30.4 Å². The second kappa shape index (κ2) is 13.6. The minimum atomic E-state index is -4.62. The van der Waals surface area contributed by atoms with Gasteiger partial charge in [0.15, 0.2) is 0 Å². The van der Waals surface area contributed by atoms with Crippen LogP contribution in [0.3, 0.4) is 0 Å². The lowest BCUT2D eigenvalue weighted by atomic mass is 10.0. The van der Waals surface area contributed by atoms with Crippen molar-refractivity contribution in [3.05, 3.63) is 87.6 Å². The summed E-state index contributed by atoms with van der Waals surface area (Å²) >= 11 is 6.43. The first-order valence-electron chi connectivity index (χ1n) is 13.8. The van der Waals surface area contributed by atoms with Crippen molar-refractivity contribution < 1.29 is 22.8 Å². The van der Waals surface area contributed by atoms with Crippen LogP contribution in [0.2, 0.25) is 5.02 Å². The van der Waals surface area contributed by atoms with E-state index in [9.17, 15) is 22.8 Å². The number of rotatable bonds is 9. The van der Waals surface area contributed by atoms with E-state index in [0.29, 0.717) is 41.4 Å². The first-order valence-corrected chi connectivity index (χ1v) is 14.2. The summed E-state index contributed by atoms with van der Waals surface area (Å²) in [4.78, 5) is 34.6. The van der Waals surface area contributed by atoms with E-state index in [-0.39, 0.29) is 28.3 Å². The van der Waals surface area contributed by atoms with Crippen LogP contribution in [0, 0.1) is 6.92 Å². The van der Waals surface area contributed by atoms with Gasteiger partial charge >= 0.3 is 6.18 Å². The first kappa shape index (κ1) is 32.0. The number of piperazine rings is 1. The molecular weight excluding hydrogens is 581 g/mol. The van der Waals surface area contributed by atoms with Crippen LogP contribution in [0.5, 0.6) is 0 Å². The number of likely N-dealkylation sites (N-methyl/N-ethyl adjacent to an activating group) is 1. The molecule has 228 valence electrons. The number of aromatic nitrogens is 1. The molecule has 12 heteroatoms. The molecule has 1 aromatic heterocycles. The third kappa shape index (κ3) is 7.54. The van der Waals surface area contributed by atoms with Crippen molar-refractivity contribution in [1.29, 1.82) is 0 Å². The molecule has 1 fully saturated rings. The van der Waals surface area contributed by atoms with Crippen LogP contribution in [0.15, 0.2) is 49.2 Å². The molecule has 4 rings (SSSR count). The van der Waals surface area contributed by atoms with Gasteiger partial charge in [-0.3, -0.25) is 14.5 Å². The van der Waals surface area contributed by atoms with Crippen LogP contribution < -0.4 is 16.0 Å². The lowest BCUT2D eigenvalue weighted by molar-refractivity contribution is -0.138. The van der Waals surface area contributed by atoms with Crippen molar-refractivity contribution in [2.75, 3.05) is 55.7 Å². The van der Waals surface area contributed by atoms with Crippen molar-refractivity contribution >= 4 is 46.7 Å². The summed E-state index contributed by atoms with van der Waals surface area (Å²) < 4.78 is 42.1. The molecule has 1 aliphatic heterocycles. The van der Waals surface area contributed by atoms with Crippen LogP contribution in [-0.4, -0.2) is 66.4 Å². The summed E-state index contributed by atoms with van der Waals surface area (Å²) in [5.74, 6) is -0.773. The maximum absolute atomic E-state index is 14.0. The van der Waals surface area contributed by atoms with Gasteiger partial charge in [-0.05, 0) is 48.9 Å². The highest BCUT2D eigenvalue weighted by molar-refractivity contribution is 6.36. The topological polar surface area (TPSA) is 89.6 Å². The molecule has 0 radical (unpaired) electrons. The standard InChI is InChI=1S/C31H34ClF3N6O2/c1-5-23-27(32)24(17-37-28(23)36-4)30(43)39-26-16-22(10-7-19(26)3)38-29(42)20-8-9-21(25(15-20)31(33,34)35)18-41-13-11-40(6-2)12-14-41/h5,7-10,15-17H,1,6,11-14,18H2,2-4H3,(H,36,37)(H,38,42)(H,39,43). The number of amides is 2. The number of halogens is 4. The molecule has 2 heterocycles. The van der Waals surface area contributed by atoms with Crippen LogP contribution in [0.25, 0.3) is 6.08 Å². The van der Waals surface area contributed by atoms with Crippen molar-refractivity contribution in [2.45, 2.75) is 26.6 Å². The highest BCUT2D eigenvalue weighted by atomic mass is 35.5. The predicted molar refractivity (Wildman–Crippen MR) is 165 cm³/mol. The van der Waals surface area contributed by atoms with E-state index in [2.05, 4.69) is 39.3 Å². The highest BCUT2D eigenvalue weighted by Crippen LogP contribution is 2.34. The fourth-order valence-corrected chi connectivity index (χ4v) is 5.20. The fourth-order valence-electron chi connectivity index (χ4n) is 4.90. The Kier molecular flexibility index (Phi) is 10.1. The number of benzene rings is 2. The minimum Gasteiger partial charge on any atom is -0.373 e. The Balaban J connectivity index is 1.51. The number of carbonyl (C=O) groups is 2. The third-order valence-electron chi connectivity index (χ3n) is 7.46. The number of nitrogens with zero attached hydrogens (tertiary/aromatic N) is 3. The molecule has 8 nitrogen and oxygen atoms in total. The molecule has 2 amide bonds. The molecular formula is C31H34ClF3N6O2. The van der Waals surface area contributed by atoms with Gasteiger partial charge in [0, 0.05) is 68.5 Å². The van der Waals surface area contributed by atoms with E-state index in [0.717, 1.165) is 25.7 Å². The van der Waals surface area contributed by atoms with Crippen molar-refractivity contribution in [2.24, 2.45) is 0 Å². The lowest BCUT2D eigenvalue weighted by Gasteiger charge is -2.34. The molecule has 0 saturated carbocycles. The summed E-state index contributed by atoms with van der Waals surface area (Å²) in [5, 5.41) is 8.46. The molecule has 0 bridgehead atoms. The minimum absolute atomic E-state index is 0.122. The van der Waals surface area contributed by atoms with Gasteiger partial charge in [0.05, 0.1) is 16.1 Å². The highest BCUT2D eigenvalue weighted by Gasteiger charge is 2.34. The number of hydrogen-bond donors (Lipinski definition) is 3. The Hall–Kier alpha value is -3.93. The summed E-state index contributed by atoms with van der Waals surface area (Å²) in [7, 11) is 1.67. The molecule has 1 saturated heterocycles. The van der Waals surface area contributed by atoms with Gasteiger partial charge < -0.3 is 20.9 Å². The van der Waals surface area contributed by atoms with Gasteiger partial charge in [0.25, 0.3) is 11.8 Å². The van der Waals surface area contributed by atoms with E-state index in [1.165, 1.54) is 30.5 Å². The number of pyridine rings is 1. The predicted octanol–water partition coefficient (Wildman–Crippen LogP) is 6.39. The summed E-state index contributed by atoms with van der Waals surface area (Å²) in [6.07, 6.45) is -1.79. The molecule has 2 aromatic carbocycles. The Morgan fingerprint density at radius 1 is 1.05 bits per heavy atom. The number of aryl methyl sites for hydroxylation is 1. The number of hydrogen-bond acceptors (Lipinski definition) is 6. The fraction of sp³-hybridized carbons (Fsp3) is 0.323. The second-order valence-corrected chi connectivity index (χ2v) is 10.6. The summed E-state index contributed by atoms with van der Waals surface area (Å²) in [5.41, 5.74) is 1.12. The molecule has 43 heavy (non-hydrogen) atoms. The Bertz CT molecular complexity index is 1520. The molecule has 0 atom stereocenters. The van der Waals surface area contributed by atoms with E-state index < -0.39 is 23.6 Å². The van der Waals surface area contributed by atoms with Crippen LogP contribution >= 0.6 is 11.6 Å². The normalized spacial score (nSPS) is 14.3. The zero-order chi connectivity index (χ0) is 31.3. The molecule has 1 aliphatic rings. The van der Waals surface area contributed by atoms with Gasteiger partial charge in [-0.15, -0.1) is 0 Å². The van der Waals surface area contributed by atoms with Crippen LogP contribution in [0.1, 0.15) is 49.9 Å². The Morgan fingerprint density at radius 2 is 1.74 bits per heavy atom. The maximum atomic E-state index is 14.0. The summed E-state index contributed by atoms with van der Waals surface area (Å²) in [6.45, 7) is 11.6. The maximum Gasteiger partial charge on any atom is 0.416 e. The van der Waals surface area contributed by atoms with Gasteiger partial charge in [0.1, 0.15) is 5.82 Å². The average Bonchev–Trinajstić information content (AvgIpc) is 2.98. The number of anilines is 3. The summed E-state index contributed by atoms with van der Waals surface area (Å²) in [6, 6.07) is 8.47. The SMILES string of the molecule is C=Cc1c(NC)ncc(C(=O)Nc2cc(NC(=O)c3ccc(CN4CCN(CC)CC4)c(C(F)(F)F)c3)ccc2C)c1Cl. The van der Waals surface area contributed by atoms with Gasteiger partial charge in [-0.1, -0.05) is 43.3 Å². The van der Waals surface area contributed by atoms with E-state index in [1.54, 1.807) is 26.1 Å². The van der Waals surface area contributed by atoms with E-state index in [4.69, 9.17) is 11.6 Å². The molecule has 0 unspecified atom stereocenters. The van der Waals surface area contributed by atoms with Crippen molar-refractivity contribution in [3.63, 3.8) is 0 Å². The van der Waals surface area contributed by atoms with E-state index in [1.807, 2.05) is 4.90 Å². The smallest absolute Gasteiger partial charge is 0.373 e. The molecule has 3 aromatic rings. The van der Waals surface area contributed by atoms with E-state index >= 15 is 0 Å². The zero-order valence-electron chi connectivity index (χ0n) is 24.2. The Labute approximate surface area is 253 Å². The third-order valence-corrected chi connectivity index (χ3v) is 7.87. The quantitative estimate of drug-likeness (QED) is 0.259. The molecule has 3 N–H and O–H groups in total. The zero-order valence-corrected chi connectivity index (χ0v) is 25.0. The van der Waals surface area contributed by atoms with Gasteiger partial charge in [0.2, 0.25) is 0 Å². The van der Waals surface area contributed by atoms with Gasteiger partial charge in [-0.25, -0.2) is 4.98 Å². The monoisotopic (exact) mass is 614 g/mol. The molecule has 0 spiro atoms. The number of nitrogens with one attached hydrogen (secondary N) is 3. The second-order valence-electron chi connectivity index (χ2n) is 10.2.